The van der Waals surface area contributed by atoms with E-state index in [2.05, 4.69) is 4.74 Å². The third kappa shape index (κ3) is 6.33. The molecular weight excluding hydrogens is 514 g/mol. The Bertz CT molecular complexity index is 1260. The Balaban J connectivity index is 1.84. The lowest BCUT2D eigenvalue weighted by Crippen LogP contribution is -2.24. The summed E-state index contributed by atoms with van der Waals surface area (Å²) in [6.45, 7) is 1.49. The van der Waals surface area contributed by atoms with E-state index in [1.165, 1.54) is 38.3 Å². The predicted octanol–water partition coefficient (Wildman–Crippen LogP) is 6.93. The summed E-state index contributed by atoms with van der Waals surface area (Å²) in [7, 11) is 1.21. The average molecular weight is 530 g/mol. The Morgan fingerprint density at radius 1 is 0.972 bits per heavy atom. The first kappa shape index (κ1) is 26.5. The zero-order chi connectivity index (χ0) is 26.6. The fraction of sp³-hybridized carbons (Fsp3) is 0.174. The number of hydrogen-bond donors (Lipinski definition) is 0. The quantitative estimate of drug-likeness (QED) is 0.135. The highest BCUT2D eigenvalue weighted by Crippen LogP contribution is 2.41. The van der Waals surface area contributed by atoms with Crippen LogP contribution in [0.25, 0.3) is 0 Å². The second-order valence-corrected chi connectivity index (χ2v) is 7.51. The summed E-state index contributed by atoms with van der Waals surface area (Å²) >= 11 is 5.57. The van der Waals surface area contributed by atoms with E-state index >= 15 is 0 Å². The first-order chi connectivity index (χ1) is 16.9. The van der Waals surface area contributed by atoms with E-state index in [4.69, 9.17) is 25.8 Å². The van der Waals surface area contributed by atoms with Crippen molar-refractivity contribution >= 4 is 23.3 Å². The van der Waals surface area contributed by atoms with E-state index in [1.807, 2.05) is 0 Å². The number of methoxy groups -OCH3 is 1. The highest BCUT2D eigenvalue weighted by Gasteiger charge is 2.37. The molecule has 0 N–H and O–H groups in total. The van der Waals surface area contributed by atoms with Crippen LogP contribution in [0, 0.1) is 15.9 Å². The summed E-state index contributed by atoms with van der Waals surface area (Å²) in [5, 5.41) is 10.5. The van der Waals surface area contributed by atoms with Crippen LogP contribution in [0.15, 0.2) is 54.6 Å². The Morgan fingerprint density at radius 2 is 1.58 bits per heavy atom. The van der Waals surface area contributed by atoms with Crippen LogP contribution < -0.4 is 14.2 Å². The number of esters is 1. The maximum absolute atomic E-state index is 14.0. The van der Waals surface area contributed by atoms with Crippen LogP contribution in [-0.2, 0) is 15.7 Å². The SMILES string of the molecule is COC(=O)C(C)Oc1ccc(Oc2cc(Oc3cc(F)c(C(F)(F)F)c(Cl)c3)ccc2[N+](=O)[O-])cc1. The molecule has 3 aromatic carbocycles. The zero-order valence-electron chi connectivity index (χ0n) is 18.5. The van der Waals surface area contributed by atoms with Crippen LogP contribution in [0.2, 0.25) is 5.02 Å². The summed E-state index contributed by atoms with van der Waals surface area (Å²) in [4.78, 5) is 22.2. The topological polar surface area (TPSA) is 97.1 Å². The highest BCUT2D eigenvalue weighted by atomic mass is 35.5. The van der Waals surface area contributed by atoms with Gasteiger partial charge in [-0.05, 0) is 37.3 Å². The van der Waals surface area contributed by atoms with Crippen LogP contribution in [0.4, 0.5) is 23.2 Å². The smallest absolute Gasteiger partial charge is 0.420 e. The Kier molecular flexibility index (Phi) is 7.88. The number of nitro groups is 1. The minimum Gasteiger partial charge on any atom is -0.479 e. The van der Waals surface area contributed by atoms with Gasteiger partial charge in [-0.15, -0.1) is 0 Å². The number of ether oxygens (including phenoxy) is 4. The fourth-order valence-electron chi connectivity index (χ4n) is 2.94. The van der Waals surface area contributed by atoms with Crippen molar-refractivity contribution in [3.63, 3.8) is 0 Å². The number of carbonyl (C=O) groups is 1. The van der Waals surface area contributed by atoms with Gasteiger partial charge in [-0.3, -0.25) is 10.1 Å². The van der Waals surface area contributed by atoms with E-state index in [9.17, 15) is 32.5 Å². The third-order valence-electron chi connectivity index (χ3n) is 4.56. The maximum Gasteiger partial charge on any atom is 0.420 e. The second kappa shape index (κ2) is 10.7. The van der Waals surface area contributed by atoms with Crippen molar-refractivity contribution < 1.29 is 46.2 Å². The van der Waals surface area contributed by atoms with Crippen LogP contribution in [0.3, 0.4) is 0 Å². The number of benzene rings is 3. The summed E-state index contributed by atoms with van der Waals surface area (Å²) in [5.74, 6) is -2.52. The number of hydrogen-bond acceptors (Lipinski definition) is 7. The van der Waals surface area contributed by atoms with Crippen molar-refractivity contribution in [2.75, 3.05) is 7.11 Å². The molecule has 0 aliphatic carbocycles. The van der Waals surface area contributed by atoms with Crippen molar-refractivity contribution in [3.05, 3.63) is 81.1 Å². The molecule has 36 heavy (non-hydrogen) atoms. The maximum atomic E-state index is 14.0. The Labute approximate surface area is 206 Å². The minimum absolute atomic E-state index is 0.0994. The van der Waals surface area contributed by atoms with E-state index in [0.29, 0.717) is 11.8 Å². The number of nitro benzene ring substituents is 1. The molecular formula is C23H16ClF4NO7. The molecule has 3 rings (SSSR count). The van der Waals surface area contributed by atoms with Gasteiger partial charge in [0.2, 0.25) is 5.75 Å². The Morgan fingerprint density at radius 3 is 2.14 bits per heavy atom. The van der Waals surface area contributed by atoms with Gasteiger partial charge in [0.1, 0.15) is 34.4 Å². The van der Waals surface area contributed by atoms with Gasteiger partial charge in [0.05, 0.1) is 17.1 Å². The number of carbonyl (C=O) groups excluding carboxylic acids is 1. The molecule has 13 heteroatoms. The highest BCUT2D eigenvalue weighted by molar-refractivity contribution is 6.31. The summed E-state index contributed by atoms with van der Waals surface area (Å²) in [6.07, 6.45) is -5.88. The minimum atomic E-state index is -5.01. The van der Waals surface area contributed by atoms with Gasteiger partial charge in [0, 0.05) is 24.3 Å². The van der Waals surface area contributed by atoms with Crippen molar-refractivity contribution in [2.45, 2.75) is 19.2 Å². The lowest BCUT2D eigenvalue weighted by atomic mass is 10.2. The van der Waals surface area contributed by atoms with Gasteiger partial charge >= 0.3 is 17.8 Å². The molecule has 1 atom stereocenters. The fourth-order valence-corrected chi connectivity index (χ4v) is 3.24. The zero-order valence-corrected chi connectivity index (χ0v) is 19.2. The largest absolute Gasteiger partial charge is 0.479 e. The summed E-state index contributed by atoms with van der Waals surface area (Å²) in [5.41, 5.74) is -2.09. The van der Waals surface area contributed by atoms with Crippen LogP contribution >= 0.6 is 11.6 Å². The number of alkyl halides is 3. The average Bonchev–Trinajstić information content (AvgIpc) is 2.78. The number of rotatable bonds is 8. The van der Waals surface area contributed by atoms with Crippen molar-refractivity contribution in [1.82, 2.24) is 0 Å². The molecule has 0 aliphatic heterocycles. The van der Waals surface area contributed by atoms with Crippen molar-refractivity contribution in [3.8, 4) is 28.7 Å². The van der Waals surface area contributed by atoms with E-state index < -0.39 is 45.3 Å². The van der Waals surface area contributed by atoms with Gasteiger partial charge in [0.15, 0.2) is 6.10 Å². The summed E-state index contributed by atoms with van der Waals surface area (Å²) < 4.78 is 73.6. The molecule has 0 fully saturated rings. The monoisotopic (exact) mass is 529 g/mol. The van der Waals surface area contributed by atoms with Crippen LogP contribution in [0.5, 0.6) is 28.7 Å². The molecule has 0 aromatic heterocycles. The first-order valence-corrected chi connectivity index (χ1v) is 10.3. The molecule has 0 aliphatic rings. The number of nitrogens with zero attached hydrogens (tertiary/aromatic N) is 1. The molecule has 0 saturated heterocycles. The van der Waals surface area contributed by atoms with Gasteiger partial charge in [-0.2, -0.15) is 13.2 Å². The van der Waals surface area contributed by atoms with Gasteiger partial charge in [-0.25, -0.2) is 9.18 Å². The molecule has 0 radical (unpaired) electrons. The molecule has 0 amide bonds. The molecule has 0 saturated carbocycles. The van der Waals surface area contributed by atoms with E-state index in [1.54, 1.807) is 0 Å². The summed E-state index contributed by atoms with van der Waals surface area (Å²) in [6, 6.07) is 10.3. The molecule has 0 bridgehead atoms. The van der Waals surface area contributed by atoms with Gasteiger partial charge in [0.25, 0.3) is 0 Å². The molecule has 0 spiro atoms. The standard InChI is InChI=1S/C23H16ClF4NO7/c1-12(22(30)33-2)34-13-3-5-14(6-4-13)36-20-11-15(7-8-19(20)29(31)32)35-16-9-17(24)21(18(25)10-16)23(26,27)28/h3-12H,1-2H3. The van der Waals surface area contributed by atoms with Crippen LogP contribution in [-0.4, -0.2) is 24.1 Å². The van der Waals surface area contributed by atoms with Gasteiger partial charge < -0.3 is 18.9 Å². The van der Waals surface area contributed by atoms with Gasteiger partial charge in [-0.1, -0.05) is 11.6 Å². The lowest BCUT2D eigenvalue weighted by Gasteiger charge is -2.14. The molecule has 8 nitrogen and oxygen atoms in total. The number of halogens is 5. The second-order valence-electron chi connectivity index (χ2n) is 7.11. The molecule has 1 unspecified atom stereocenters. The Hall–Kier alpha value is -4.06. The van der Waals surface area contributed by atoms with Crippen LogP contribution in [0.1, 0.15) is 12.5 Å². The molecule has 0 heterocycles. The predicted molar refractivity (Wildman–Crippen MR) is 118 cm³/mol. The third-order valence-corrected chi connectivity index (χ3v) is 4.86. The molecule has 3 aromatic rings. The first-order valence-electron chi connectivity index (χ1n) is 9.94. The van der Waals surface area contributed by atoms with Crippen molar-refractivity contribution in [2.24, 2.45) is 0 Å². The molecule has 190 valence electrons. The lowest BCUT2D eigenvalue weighted by molar-refractivity contribution is -0.385. The normalized spacial score (nSPS) is 12.0. The van der Waals surface area contributed by atoms with Crippen molar-refractivity contribution in [1.29, 1.82) is 0 Å². The van der Waals surface area contributed by atoms with E-state index in [0.717, 1.165) is 24.3 Å². The van der Waals surface area contributed by atoms with E-state index in [-0.39, 0.29) is 23.0 Å².